The number of rotatable bonds is 2. The van der Waals surface area contributed by atoms with Gasteiger partial charge in [0.25, 0.3) is 0 Å². The second-order valence-corrected chi connectivity index (χ2v) is 3.53. The van der Waals surface area contributed by atoms with Gasteiger partial charge < -0.3 is 0 Å². The van der Waals surface area contributed by atoms with E-state index >= 15 is 0 Å². The first-order chi connectivity index (χ1) is 5.15. The molecule has 11 heavy (non-hydrogen) atoms. The Labute approximate surface area is 75.7 Å². The van der Waals surface area contributed by atoms with E-state index in [1.807, 2.05) is 4.68 Å². The molecule has 1 aromatic rings. The van der Waals surface area contributed by atoms with Crippen molar-refractivity contribution in [2.24, 2.45) is 0 Å². The number of nitrogens with zero attached hydrogens (tertiary/aromatic N) is 2. The summed E-state index contributed by atoms with van der Waals surface area (Å²) in [7, 11) is 0. The maximum Gasteiger partial charge on any atom is 0.0759 e. The van der Waals surface area contributed by atoms with Crippen LogP contribution in [0.4, 0.5) is 0 Å². The van der Waals surface area contributed by atoms with Gasteiger partial charge in [0.15, 0.2) is 0 Å². The molecule has 1 rings (SSSR count). The van der Waals surface area contributed by atoms with E-state index in [1.54, 1.807) is 0 Å². The Balaban J connectivity index is 2.95. The minimum atomic E-state index is 0.460. The standard InChI is InChI=1S/C8H13BrN2/c1-6(2)11-5-7(3)8(4-9)10-11/h5-6H,4H2,1-3H3. The molecule has 0 atom stereocenters. The Bertz CT molecular complexity index is 240. The lowest BCUT2D eigenvalue weighted by Gasteiger charge is -2.02. The van der Waals surface area contributed by atoms with Crippen LogP contribution in [0, 0.1) is 6.92 Å². The summed E-state index contributed by atoms with van der Waals surface area (Å²) in [5, 5.41) is 5.24. The minimum Gasteiger partial charge on any atom is -0.270 e. The van der Waals surface area contributed by atoms with E-state index in [2.05, 4.69) is 48.0 Å². The summed E-state index contributed by atoms with van der Waals surface area (Å²) in [4.78, 5) is 0. The summed E-state index contributed by atoms with van der Waals surface area (Å²) in [6, 6.07) is 0.460. The highest BCUT2D eigenvalue weighted by Gasteiger charge is 2.04. The molecule has 0 fully saturated rings. The molecule has 0 spiro atoms. The molecule has 0 aliphatic rings. The fraction of sp³-hybridized carbons (Fsp3) is 0.625. The van der Waals surface area contributed by atoms with Gasteiger partial charge in [-0.15, -0.1) is 0 Å². The quantitative estimate of drug-likeness (QED) is 0.696. The van der Waals surface area contributed by atoms with Gasteiger partial charge in [-0.25, -0.2) is 0 Å². The number of aryl methyl sites for hydroxylation is 1. The van der Waals surface area contributed by atoms with Gasteiger partial charge in [0, 0.05) is 17.6 Å². The van der Waals surface area contributed by atoms with Crippen LogP contribution in [0.5, 0.6) is 0 Å². The highest BCUT2D eigenvalue weighted by atomic mass is 79.9. The van der Waals surface area contributed by atoms with E-state index in [4.69, 9.17) is 0 Å². The molecule has 1 heterocycles. The topological polar surface area (TPSA) is 17.8 Å². The predicted molar refractivity (Wildman–Crippen MR) is 50.0 cm³/mol. The van der Waals surface area contributed by atoms with E-state index in [-0.39, 0.29) is 0 Å². The predicted octanol–water partition coefficient (Wildman–Crippen LogP) is 2.67. The van der Waals surface area contributed by atoms with Crippen LogP contribution < -0.4 is 0 Å². The molecule has 0 saturated heterocycles. The van der Waals surface area contributed by atoms with E-state index in [9.17, 15) is 0 Å². The molecule has 1 aromatic heterocycles. The Morgan fingerprint density at radius 2 is 2.27 bits per heavy atom. The lowest BCUT2D eigenvalue weighted by Crippen LogP contribution is -2.00. The van der Waals surface area contributed by atoms with E-state index < -0.39 is 0 Å². The van der Waals surface area contributed by atoms with Gasteiger partial charge in [0.1, 0.15) is 0 Å². The maximum absolute atomic E-state index is 4.40. The largest absolute Gasteiger partial charge is 0.270 e. The summed E-state index contributed by atoms with van der Waals surface area (Å²) in [5.74, 6) is 0. The van der Waals surface area contributed by atoms with Gasteiger partial charge in [-0.2, -0.15) is 5.10 Å². The molecular weight excluding hydrogens is 204 g/mol. The Hall–Kier alpha value is -0.310. The molecule has 2 nitrogen and oxygen atoms in total. The minimum absolute atomic E-state index is 0.460. The van der Waals surface area contributed by atoms with Crippen LogP contribution in [-0.4, -0.2) is 9.78 Å². The van der Waals surface area contributed by atoms with Gasteiger partial charge in [-0.05, 0) is 26.3 Å². The number of halogens is 1. The van der Waals surface area contributed by atoms with Crippen molar-refractivity contribution in [3.63, 3.8) is 0 Å². The van der Waals surface area contributed by atoms with Crippen LogP contribution in [0.3, 0.4) is 0 Å². The first-order valence-electron chi connectivity index (χ1n) is 3.75. The van der Waals surface area contributed by atoms with Crippen LogP contribution in [0.25, 0.3) is 0 Å². The van der Waals surface area contributed by atoms with Crippen LogP contribution in [0.2, 0.25) is 0 Å². The van der Waals surface area contributed by atoms with Crippen LogP contribution >= 0.6 is 15.9 Å². The third kappa shape index (κ3) is 1.83. The van der Waals surface area contributed by atoms with Gasteiger partial charge >= 0.3 is 0 Å². The summed E-state index contributed by atoms with van der Waals surface area (Å²) in [6.45, 7) is 6.34. The van der Waals surface area contributed by atoms with E-state index in [1.165, 1.54) is 5.56 Å². The van der Waals surface area contributed by atoms with E-state index in [0.717, 1.165) is 11.0 Å². The molecule has 0 N–H and O–H groups in total. The zero-order chi connectivity index (χ0) is 8.43. The lowest BCUT2D eigenvalue weighted by atomic mass is 10.3. The fourth-order valence-electron chi connectivity index (χ4n) is 0.917. The van der Waals surface area contributed by atoms with Gasteiger partial charge in [0.05, 0.1) is 5.69 Å². The van der Waals surface area contributed by atoms with Crippen molar-refractivity contribution in [1.29, 1.82) is 0 Å². The number of hydrogen-bond donors (Lipinski definition) is 0. The SMILES string of the molecule is Cc1cn(C(C)C)nc1CBr. The smallest absolute Gasteiger partial charge is 0.0759 e. The van der Waals surface area contributed by atoms with Crippen molar-refractivity contribution in [2.45, 2.75) is 32.1 Å². The zero-order valence-electron chi connectivity index (χ0n) is 7.13. The van der Waals surface area contributed by atoms with Crippen LogP contribution in [0.1, 0.15) is 31.1 Å². The first-order valence-corrected chi connectivity index (χ1v) is 4.88. The Morgan fingerprint density at radius 1 is 1.64 bits per heavy atom. The van der Waals surface area contributed by atoms with Gasteiger partial charge in [-0.1, -0.05) is 15.9 Å². The molecule has 0 aliphatic carbocycles. The highest BCUT2D eigenvalue weighted by Crippen LogP contribution is 2.12. The molecule has 3 heteroatoms. The Kier molecular flexibility index (Phi) is 2.71. The molecule has 0 unspecified atom stereocenters. The summed E-state index contributed by atoms with van der Waals surface area (Å²) in [5.41, 5.74) is 2.40. The third-order valence-corrected chi connectivity index (χ3v) is 2.20. The van der Waals surface area contributed by atoms with E-state index in [0.29, 0.717) is 6.04 Å². The van der Waals surface area contributed by atoms with Crippen molar-refractivity contribution >= 4 is 15.9 Å². The van der Waals surface area contributed by atoms with Crippen LogP contribution in [-0.2, 0) is 5.33 Å². The summed E-state index contributed by atoms with van der Waals surface area (Å²) >= 11 is 3.39. The average Bonchev–Trinajstić information content (AvgIpc) is 2.31. The van der Waals surface area contributed by atoms with Gasteiger partial charge in [-0.3, -0.25) is 4.68 Å². The third-order valence-electron chi connectivity index (χ3n) is 1.67. The molecule has 0 saturated carbocycles. The molecule has 0 amide bonds. The maximum atomic E-state index is 4.40. The van der Waals surface area contributed by atoms with Crippen molar-refractivity contribution in [1.82, 2.24) is 9.78 Å². The second-order valence-electron chi connectivity index (χ2n) is 2.97. The second kappa shape index (κ2) is 3.39. The van der Waals surface area contributed by atoms with Crippen molar-refractivity contribution < 1.29 is 0 Å². The van der Waals surface area contributed by atoms with Crippen molar-refractivity contribution in [3.05, 3.63) is 17.5 Å². The Morgan fingerprint density at radius 3 is 2.55 bits per heavy atom. The summed E-state index contributed by atoms with van der Waals surface area (Å²) < 4.78 is 1.99. The first kappa shape index (κ1) is 8.78. The van der Waals surface area contributed by atoms with Gasteiger partial charge in [0.2, 0.25) is 0 Å². The monoisotopic (exact) mass is 216 g/mol. The molecule has 0 radical (unpaired) electrons. The number of aromatic nitrogens is 2. The number of hydrogen-bond acceptors (Lipinski definition) is 1. The molecule has 0 aromatic carbocycles. The van der Waals surface area contributed by atoms with Crippen molar-refractivity contribution in [3.8, 4) is 0 Å². The number of alkyl halides is 1. The normalized spacial score (nSPS) is 11.0. The summed E-state index contributed by atoms with van der Waals surface area (Å²) in [6.07, 6.45) is 2.08. The molecule has 62 valence electrons. The molecular formula is C8H13BrN2. The zero-order valence-corrected chi connectivity index (χ0v) is 8.72. The van der Waals surface area contributed by atoms with Crippen LogP contribution in [0.15, 0.2) is 6.20 Å². The lowest BCUT2D eigenvalue weighted by molar-refractivity contribution is 0.528. The van der Waals surface area contributed by atoms with Crippen molar-refractivity contribution in [2.75, 3.05) is 0 Å². The fourth-order valence-corrected chi connectivity index (χ4v) is 1.47. The average molecular weight is 217 g/mol. The molecule has 0 aliphatic heterocycles. The highest BCUT2D eigenvalue weighted by molar-refractivity contribution is 9.08. The molecule has 0 bridgehead atoms.